The number of hydrogen-bond donors (Lipinski definition) is 1. The van der Waals surface area contributed by atoms with Gasteiger partial charge in [0.1, 0.15) is 12.0 Å². The molecule has 2 aliphatic rings. The molecule has 2 atom stereocenters. The number of carbonyl (C=O) groups is 1. The van der Waals surface area contributed by atoms with E-state index in [1.54, 1.807) is 12.0 Å². The number of piperazine rings is 1. The van der Waals surface area contributed by atoms with Gasteiger partial charge in [-0.05, 0) is 45.7 Å². The van der Waals surface area contributed by atoms with Crippen molar-refractivity contribution in [1.29, 1.82) is 0 Å². The Morgan fingerprint density at radius 2 is 2.00 bits per heavy atom. The molecule has 2 unspecified atom stereocenters. The predicted octanol–water partition coefficient (Wildman–Crippen LogP) is 2.64. The molecule has 1 aromatic rings. The number of para-hydroxylation sites is 1. The SMILES string of the molecule is CCN1CCN(N(C(C)=O)N2CCCCC2O)CC1c1ccccc1OC(C)C. The van der Waals surface area contributed by atoms with Gasteiger partial charge in [0.2, 0.25) is 5.91 Å². The van der Waals surface area contributed by atoms with Crippen LogP contribution in [0.25, 0.3) is 0 Å². The topological polar surface area (TPSA) is 59.5 Å². The zero-order valence-corrected chi connectivity index (χ0v) is 18.3. The van der Waals surface area contributed by atoms with E-state index in [1.807, 2.05) is 37.1 Å². The number of hydrogen-bond acceptors (Lipinski definition) is 6. The summed E-state index contributed by atoms with van der Waals surface area (Å²) in [4.78, 5) is 15.0. The van der Waals surface area contributed by atoms with E-state index < -0.39 is 6.23 Å². The molecule has 7 nitrogen and oxygen atoms in total. The molecule has 0 bridgehead atoms. The molecule has 1 N–H and O–H groups in total. The smallest absolute Gasteiger partial charge is 0.248 e. The third kappa shape index (κ3) is 5.09. The van der Waals surface area contributed by atoms with Gasteiger partial charge >= 0.3 is 0 Å². The Morgan fingerprint density at radius 1 is 1.24 bits per heavy atom. The van der Waals surface area contributed by atoms with Gasteiger partial charge in [0.15, 0.2) is 0 Å². The highest BCUT2D eigenvalue weighted by Crippen LogP contribution is 2.34. The van der Waals surface area contributed by atoms with Crippen LogP contribution in [0.1, 0.15) is 58.6 Å². The molecule has 0 spiro atoms. The second-order valence-electron chi connectivity index (χ2n) is 8.21. The molecule has 7 heteroatoms. The predicted molar refractivity (Wildman–Crippen MR) is 113 cm³/mol. The summed E-state index contributed by atoms with van der Waals surface area (Å²) in [6.07, 6.45) is 2.18. The number of benzene rings is 1. The molecule has 0 aromatic heterocycles. The lowest BCUT2D eigenvalue weighted by Gasteiger charge is -2.50. The number of likely N-dealkylation sites (N-methyl/N-ethyl adjacent to an activating group) is 1. The standard InChI is InChI=1S/C22H36N4O3/c1-5-23-14-15-24(26(18(4)27)25-13-9-8-12-22(25)28)16-20(23)19-10-6-7-11-21(19)29-17(2)3/h6-7,10-11,17,20,22,28H,5,8-9,12-16H2,1-4H3. The Bertz CT molecular complexity index is 684. The minimum absolute atomic E-state index is 0.0543. The van der Waals surface area contributed by atoms with E-state index in [9.17, 15) is 9.90 Å². The lowest BCUT2D eigenvalue weighted by molar-refractivity contribution is -0.251. The Labute approximate surface area is 174 Å². The van der Waals surface area contributed by atoms with Crippen LogP contribution in [0, 0.1) is 0 Å². The normalized spacial score (nSPS) is 24.6. The second-order valence-corrected chi connectivity index (χ2v) is 8.21. The Hall–Kier alpha value is -1.67. The molecule has 1 amide bonds. The second kappa shape index (κ2) is 9.89. The van der Waals surface area contributed by atoms with Gasteiger partial charge in [-0.3, -0.25) is 9.69 Å². The molecule has 2 fully saturated rings. The van der Waals surface area contributed by atoms with Gasteiger partial charge in [-0.2, -0.15) is 15.1 Å². The molecule has 162 valence electrons. The Kier molecular flexibility index (Phi) is 7.51. The van der Waals surface area contributed by atoms with Crippen LogP contribution < -0.4 is 4.74 Å². The highest BCUT2D eigenvalue weighted by Gasteiger charge is 2.37. The van der Waals surface area contributed by atoms with E-state index >= 15 is 0 Å². The number of carbonyl (C=O) groups excluding carboxylic acids is 1. The first-order valence-electron chi connectivity index (χ1n) is 10.9. The minimum Gasteiger partial charge on any atom is -0.491 e. The molecule has 2 saturated heterocycles. The number of amides is 1. The van der Waals surface area contributed by atoms with Crippen LogP contribution >= 0.6 is 0 Å². The van der Waals surface area contributed by atoms with Crippen LogP contribution in [0.4, 0.5) is 0 Å². The average Bonchev–Trinajstić information content (AvgIpc) is 2.69. The van der Waals surface area contributed by atoms with E-state index in [0.29, 0.717) is 19.5 Å². The summed E-state index contributed by atoms with van der Waals surface area (Å²) in [6, 6.07) is 8.32. The molecule has 2 heterocycles. The monoisotopic (exact) mass is 404 g/mol. The van der Waals surface area contributed by atoms with Gasteiger partial charge < -0.3 is 9.84 Å². The Morgan fingerprint density at radius 3 is 2.66 bits per heavy atom. The summed E-state index contributed by atoms with van der Waals surface area (Å²) in [5.41, 5.74) is 1.15. The maximum Gasteiger partial charge on any atom is 0.248 e. The quantitative estimate of drug-likeness (QED) is 0.787. The first-order valence-corrected chi connectivity index (χ1v) is 10.9. The number of aliphatic hydroxyl groups is 1. The van der Waals surface area contributed by atoms with Gasteiger partial charge in [0.05, 0.1) is 12.1 Å². The van der Waals surface area contributed by atoms with Crippen molar-refractivity contribution < 1.29 is 14.6 Å². The highest BCUT2D eigenvalue weighted by molar-refractivity contribution is 5.72. The molecule has 2 aliphatic heterocycles. The molecule has 0 aliphatic carbocycles. The molecule has 29 heavy (non-hydrogen) atoms. The van der Waals surface area contributed by atoms with E-state index in [1.165, 1.54) is 0 Å². The number of hydrazine groups is 2. The van der Waals surface area contributed by atoms with Crippen LogP contribution in [0.15, 0.2) is 24.3 Å². The zero-order chi connectivity index (χ0) is 21.0. The number of nitrogens with zero attached hydrogens (tertiary/aromatic N) is 4. The number of aliphatic hydroxyl groups excluding tert-OH is 1. The molecule has 0 radical (unpaired) electrons. The summed E-state index contributed by atoms with van der Waals surface area (Å²) in [6.45, 7) is 11.7. The van der Waals surface area contributed by atoms with Gasteiger partial charge in [-0.15, -0.1) is 0 Å². The van der Waals surface area contributed by atoms with Crippen LogP contribution in [0.5, 0.6) is 5.75 Å². The van der Waals surface area contributed by atoms with Crippen molar-refractivity contribution in [3.63, 3.8) is 0 Å². The zero-order valence-electron chi connectivity index (χ0n) is 18.3. The van der Waals surface area contributed by atoms with Crippen molar-refractivity contribution in [3.05, 3.63) is 29.8 Å². The van der Waals surface area contributed by atoms with Crippen molar-refractivity contribution >= 4 is 5.91 Å². The van der Waals surface area contributed by atoms with Crippen molar-refractivity contribution in [2.45, 2.75) is 65.3 Å². The van der Waals surface area contributed by atoms with Crippen LogP contribution in [0.3, 0.4) is 0 Å². The average molecular weight is 405 g/mol. The fourth-order valence-corrected chi connectivity index (χ4v) is 4.43. The first-order chi connectivity index (χ1) is 13.9. The van der Waals surface area contributed by atoms with Crippen LogP contribution in [0.2, 0.25) is 0 Å². The molecule has 3 rings (SSSR count). The molecular formula is C22H36N4O3. The molecule has 0 saturated carbocycles. The number of ether oxygens (including phenoxy) is 1. The lowest BCUT2D eigenvalue weighted by Crippen LogP contribution is -2.64. The van der Waals surface area contributed by atoms with Gasteiger partial charge in [0.25, 0.3) is 0 Å². The van der Waals surface area contributed by atoms with Gasteiger partial charge in [-0.25, -0.2) is 0 Å². The van der Waals surface area contributed by atoms with Crippen LogP contribution in [-0.2, 0) is 4.79 Å². The Balaban J connectivity index is 1.87. The third-order valence-electron chi connectivity index (χ3n) is 5.75. The van der Waals surface area contributed by atoms with Gasteiger partial charge in [0, 0.05) is 38.7 Å². The van der Waals surface area contributed by atoms with Crippen molar-refractivity contribution in [2.24, 2.45) is 0 Å². The van der Waals surface area contributed by atoms with Crippen molar-refractivity contribution in [2.75, 3.05) is 32.7 Å². The lowest BCUT2D eigenvalue weighted by atomic mass is 10.0. The summed E-state index contributed by atoms with van der Waals surface area (Å²) in [5, 5.41) is 16.1. The number of piperidine rings is 1. The minimum atomic E-state index is -0.605. The maximum absolute atomic E-state index is 12.6. The van der Waals surface area contributed by atoms with E-state index in [2.05, 4.69) is 22.9 Å². The van der Waals surface area contributed by atoms with Crippen molar-refractivity contribution in [3.8, 4) is 5.75 Å². The third-order valence-corrected chi connectivity index (χ3v) is 5.75. The number of rotatable bonds is 6. The van der Waals surface area contributed by atoms with E-state index in [0.717, 1.165) is 43.8 Å². The highest BCUT2D eigenvalue weighted by atomic mass is 16.5. The van der Waals surface area contributed by atoms with E-state index in [4.69, 9.17) is 4.74 Å². The summed E-state index contributed by atoms with van der Waals surface area (Å²) < 4.78 is 6.09. The fraction of sp³-hybridized carbons (Fsp3) is 0.682. The fourth-order valence-electron chi connectivity index (χ4n) is 4.43. The van der Waals surface area contributed by atoms with Crippen LogP contribution in [-0.4, -0.2) is 76.1 Å². The molecular weight excluding hydrogens is 368 g/mol. The molecule has 1 aromatic carbocycles. The maximum atomic E-state index is 12.6. The van der Waals surface area contributed by atoms with Gasteiger partial charge in [-0.1, -0.05) is 25.1 Å². The largest absolute Gasteiger partial charge is 0.491 e. The summed E-state index contributed by atoms with van der Waals surface area (Å²) in [7, 11) is 0. The van der Waals surface area contributed by atoms with E-state index in [-0.39, 0.29) is 18.1 Å². The summed E-state index contributed by atoms with van der Waals surface area (Å²) >= 11 is 0. The first kappa shape index (κ1) is 22.0. The van der Waals surface area contributed by atoms with Crippen molar-refractivity contribution in [1.82, 2.24) is 20.0 Å². The summed E-state index contributed by atoms with van der Waals surface area (Å²) in [5.74, 6) is 0.849.